The van der Waals surface area contributed by atoms with E-state index in [2.05, 4.69) is 0 Å². The third kappa shape index (κ3) is 1.62. The second-order valence-electron chi connectivity index (χ2n) is 3.46. The van der Waals surface area contributed by atoms with Gasteiger partial charge in [-0.2, -0.15) is 0 Å². The lowest BCUT2D eigenvalue weighted by molar-refractivity contribution is -0.0757. The van der Waals surface area contributed by atoms with Gasteiger partial charge in [0.2, 0.25) is 0 Å². The fourth-order valence-electron chi connectivity index (χ4n) is 1.83. The first-order valence-electron chi connectivity index (χ1n) is 4.75. The predicted octanol–water partition coefficient (Wildman–Crippen LogP) is 0.187. The highest BCUT2D eigenvalue weighted by Gasteiger charge is 2.46. The van der Waals surface area contributed by atoms with Crippen molar-refractivity contribution in [2.45, 2.75) is 24.9 Å². The van der Waals surface area contributed by atoms with Gasteiger partial charge in [0.15, 0.2) is 17.1 Å². The van der Waals surface area contributed by atoms with E-state index in [0.717, 1.165) is 0 Å². The summed E-state index contributed by atoms with van der Waals surface area (Å²) in [7, 11) is 4.93. The molecule has 0 bridgehead atoms. The number of rotatable bonds is 4. The largest absolute Gasteiger partial charge is 0.507 e. The van der Waals surface area contributed by atoms with Gasteiger partial charge in [0.1, 0.15) is 7.85 Å². The highest BCUT2D eigenvalue weighted by Crippen LogP contribution is 2.37. The highest BCUT2D eigenvalue weighted by molar-refractivity contribution is 6.13. The molecule has 2 atom stereocenters. The van der Waals surface area contributed by atoms with Crippen molar-refractivity contribution in [2.75, 3.05) is 20.8 Å². The van der Waals surface area contributed by atoms with Gasteiger partial charge in [-0.1, -0.05) is 6.92 Å². The van der Waals surface area contributed by atoms with E-state index < -0.39 is 5.60 Å². The minimum Gasteiger partial charge on any atom is -0.507 e. The summed E-state index contributed by atoms with van der Waals surface area (Å²) < 4.78 is 16.0. The van der Waals surface area contributed by atoms with Gasteiger partial charge in [-0.3, -0.25) is 0 Å². The quantitative estimate of drug-likeness (QED) is 0.658. The summed E-state index contributed by atoms with van der Waals surface area (Å²) in [5, 5.41) is 9.72. The lowest BCUT2D eigenvalue weighted by Crippen LogP contribution is -2.38. The highest BCUT2D eigenvalue weighted by atomic mass is 16.6. The van der Waals surface area contributed by atoms with Crippen LogP contribution in [-0.4, -0.2) is 45.4 Å². The lowest BCUT2D eigenvalue weighted by atomic mass is 9.97. The Labute approximate surface area is 85.3 Å². The normalized spacial score (nSPS) is 32.4. The second-order valence-corrected chi connectivity index (χ2v) is 3.46. The topological polar surface area (TPSA) is 47.9 Å². The van der Waals surface area contributed by atoms with Crippen molar-refractivity contribution >= 4 is 7.85 Å². The number of methoxy groups -OCH3 is 2. The number of hydrogen-bond acceptors (Lipinski definition) is 4. The molecule has 0 spiro atoms. The van der Waals surface area contributed by atoms with E-state index in [1.54, 1.807) is 15.0 Å². The van der Waals surface area contributed by atoms with Gasteiger partial charge in [-0.05, 0) is 6.42 Å². The Morgan fingerprint density at radius 2 is 2.21 bits per heavy atom. The summed E-state index contributed by atoms with van der Waals surface area (Å²) in [5.41, 5.74) is -0.618. The van der Waals surface area contributed by atoms with Crippen LogP contribution in [0, 0.1) is 0 Å². The van der Waals surface area contributed by atoms with Crippen molar-refractivity contribution in [3.63, 3.8) is 0 Å². The van der Waals surface area contributed by atoms with Crippen LogP contribution in [0.15, 0.2) is 11.5 Å². The van der Waals surface area contributed by atoms with Crippen LogP contribution >= 0.6 is 0 Å². The van der Waals surface area contributed by atoms with Crippen molar-refractivity contribution in [1.29, 1.82) is 0 Å². The van der Waals surface area contributed by atoms with Gasteiger partial charge in [0.05, 0.1) is 19.7 Å². The Balaban J connectivity index is 2.98. The maximum absolute atomic E-state index is 9.72. The van der Waals surface area contributed by atoms with Gasteiger partial charge in [0.25, 0.3) is 0 Å². The molecule has 0 radical (unpaired) electrons. The van der Waals surface area contributed by atoms with Crippen molar-refractivity contribution < 1.29 is 19.3 Å². The first kappa shape index (κ1) is 11.4. The van der Waals surface area contributed by atoms with Crippen molar-refractivity contribution in [3.8, 4) is 0 Å². The number of ether oxygens (including phenoxy) is 3. The minimum atomic E-state index is -0.618. The van der Waals surface area contributed by atoms with Gasteiger partial charge < -0.3 is 19.3 Å². The molecule has 0 aliphatic carbocycles. The molecule has 0 amide bonds. The summed E-state index contributed by atoms with van der Waals surface area (Å²) >= 11 is 0. The molecule has 0 aromatic heterocycles. The molecule has 5 heteroatoms. The van der Waals surface area contributed by atoms with E-state index in [9.17, 15) is 5.11 Å². The molecule has 0 aromatic carbocycles. The maximum atomic E-state index is 9.72. The molecule has 0 saturated carbocycles. The smallest absolute Gasteiger partial charge is 0.169 e. The fraction of sp³-hybridized carbons (Fsp3) is 0.778. The molecule has 0 fully saturated rings. The molecule has 0 unspecified atom stereocenters. The Hall–Kier alpha value is -0.675. The summed E-state index contributed by atoms with van der Waals surface area (Å²) in [6.07, 6.45) is 0.707. The van der Waals surface area contributed by atoms with Crippen LogP contribution in [0.4, 0.5) is 0 Å². The molecular weight excluding hydrogens is 183 g/mol. The fourth-order valence-corrected chi connectivity index (χ4v) is 1.83. The van der Waals surface area contributed by atoms with Crippen molar-refractivity contribution in [1.82, 2.24) is 0 Å². The van der Waals surface area contributed by atoms with Gasteiger partial charge in [-0.15, -0.1) is 0 Å². The van der Waals surface area contributed by atoms with Crippen LogP contribution in [0.25, 0.3) is 0 Å². The van der Waals surface area contributed by atoms with Crippen LogP contribution in [0.5, 0.6) is 0 Å². The zero-order valence-corrected chi connectivity index (χ0v) is 9.16. The molecule has 4 nitrogen and oxygen atoms in total. The number of aliphatic hydroxyl groups is 1. The summed E-state index contributed by atoms with van der Waals surface area (Å²) in [5.74, 6) is 0.667. The predicted molar refractivity (Wildman–Crippen MR) is 55.0 cm³/mol. The molecule has 1 aliphatic rings. The Bertz CT molecular complexity index is 241. The third-order valence-corrected chi connectivity index (χ3v) is 2.59. The molecule has 1 N–H and O–H groups in total. The maximum Gasteiger partial charge on any atom is 0.169 e. The van der Waals surface area contributed by atoms with Gasteiger partial charge in [-0.25, -0.2) is 0 Å². The van der Waals surface area contributed by atoms with Gasteiger partial charge >= 0.3 is 0 Å². The first-order valence-corrected chi connectivity index (χ1v) is 4.75. The molecule has 1 heterocycles. The van der Waals surface area contributed by atoms with Crippen LogP contribution in [0.3, 0.4) is 0 Å². The molecule has 14 heavy (non-hydrogen) atoms. The molecule has 0 saturated heterocycles. The Morgan fingerprint density at radius 1 is 1.57 bits per heavy atom. The second kappa shape index (κ2) is 4.23. The lowest BCUT2D eigenvalue weighted by Gasteiger charge is -2.28. The monoisotopic (exact) mass is 200 g/mol. The van der Waals surface area contributed by atoms with Crippen LogP contribution in [0.2, 0.25) is 0 Å². The van der Waals surface area contributed by atoms with E-state index in [1.807, 2.05) is 6.92 Å². The SMILES string of the molecule is B[C@@H]1O[C@](CC)(COC)C(OC)=C1O. The molecular formula is C9H17BO4. The molecule has 1 rings (SSSR count). The zero-order valence-electron chi connectivity index (χ0n) is 9.16. The average molecular weight is 200 g/mol. The number of hydrogen-bond donors (Lipinski definition) is 1. The molecule has 1 aliphatic heterocycles. The van der Waals surface area contributed by atoms with E-state index in [0.29, 0.717) is 18.8 Å². The van der Waals surface area contributed by atoms with Crippen molar-refractivity contribution in [3.05, 3.63) is 11.5 Å². The van der Waals surface area contributed by atoms with Crippen molar-refractivity contribution in [2.24, 2.45) is 0 Å². The third-order valence-electron chi connectivity index (χ3n) is 2.59. The van der Waals surface area contributed by atoms with E-state index in [-0.39, 0.29) is 11.8 Å². The van der Waals surface area contributed by atoms with Crippen LogP contribution in [-0.2, 0) is 14.2 Å². The van der Waals surface area contributed by atoms with E-state index in [1.165, 1.54) is 7.11 Å². The summed E-state index contributed by atoms with van der Waals surface area (Å²) in [6.45, 7) is 2.37. The Kier molecular flexibility index (Phi) is 3.45. The van der Waals surface area contributed by atoms with Crippen LogP contribution in [0.1, 0.15) is 13.3 Å². The molecule has 80 valence electrons. The molecule has 0 aromatic rings. The standard InChI is InChI=1S/C9H17BO4/c1-4-9(5-12-2)7(13-3)6(11)8(10)14-9/h8,11H,4-5,10H2,1-3H3/t8-,9-/m1/s1. The zero-order chi connectivity index (χ0) is 10.8. The first-order chi connectivity index (χ1) is 6.61. The van der Waals surface area contributed by atoms with Gasteiger partial charge in [0, 0.05) is 7.11 Å². The van der Waals surface area contributed by atoms with Crippen LogP contribution < -0.4 is 0 Å². The number of aliphatic hydroxyl groups excluding tert-OH is 1. The average Bonchev–Trinajstić information content (AvgIpc) is 2.40. The Morgan fingerprint density at radius 3 is 2.64 bits per heavy atom. The minimum absolute atomic E-state index is 0.173. The van der Waals surface area contributed by atoms with E-state index >= 15 is 0 Å². The summed E-state index contributed by atoms with van der Waals surface area (Å²) in [6, 6.07) is -0.319. The summed E-state index contributed by atoms with van der Waals surface area (Å²) in [4.78, 5) is 0. The van der Waals surface area contributed by atoms with E-state index in [4.69, 9.17) is 14.2 Å².